The number of hydrogen-bond acceptors (Lipinski definition) is 3. The summed E-state index contributed by atoms with van der Waals surface area (Å²) in [5, 5.41) is 8.17. The van der Waals surface area contributed by atoms with Crippen LogP contribution >= 0.6 is 23.4 Å². The molecule has 5 heteroatoms. The fourth-order valence-electron chi connectivity index (χ4n) is 2.15. The van der Waals surface area contributed by atoms with Gasteiger partial charge in [-0.05, 0) is 23.3 Å². The highest BCUT2D eigenvalue weighted by Crippen LogP contribution is 2.20. The van der Waals surface area contributed by atoms with Crippen molar-refractivity contribution in [3.05, 3.63) is 70.7 Å². The first-order chi connectivity index (χ1) is 10.7. The van der Waals surface area contributed by atoms with Crippen LogP contribution in [0, 0.1) is 0 Å². The summed E-state index contributed by atoms with van der Waals surface area (Å²) >= 11 is 7.64. The Morgan fingerprint density at radius 1 is 1.14 bits per heavy atom. The summed E-state index contributed by atoms with van der Waals surface area (Å²) in [4.78, 5) is 4.65. The molecule has 0 bridgehead atoms. The molecule has 0 aromatic heterocycles. The molecule has 0 radical (unpaired) electrons. The molecule has 2 aromatic carbocycles. The topological polar surface area (TPSA) is 28.0 Å². The maximum Gasteiger partial charge on any atom is 0.180 e. The lowest BCUT2D eigenvalue weighted by molar-refractivity contribution is 0.550. The molecule has 2 aromatic rings. The lowest BCUT2D eigenvalue weighted by atomic mass is 10.1. The maximum absolute atomic E-state index is 5.93. The van der Waals surface area contributed by atoms with Crippen LogP contribution in [0.2, 0.25) is 5.02 Å². The molecule has 3 nitrogen and oxygen atoms in total. The van der Waals surface area contributed by atoms with Crippen LogP contribution in [-0.4, -0.2) is 28.7 Å². The van der Waals surface area contributed by atoms with E-state index in [9.17, 15) is 0 Å². The van der Waals surface area contributed by atoms with Gasteiger partial charge in [-0.25, -0.2) is 5.01 Å². The van der Waals surface area contributed by atoms with E-state index in [1.54, 1.807) is 11.8 Å². The van der Waals surface area contributed by atoms with Crippen molar-refractivity contribution in [3.8, 4) is 0 Å². The zero-order chi connectivity index (χ0) is 15.4. The van der Waals surface area contributed by atoms with Crippen molar-refractivity contribution in [2.24, 2.45) is 10.1 Å². The Morgan fingerprint density at radius 3 is 2.55 bits per heavy atom. The summed E-state index contributed by atoms with van der Waals surface area (Å²) in [7, 11) is 1.94. The van der Waals surface area contributed by atoms with Gasteiger partial charge in [0.15, 0.2) is 5.17 Å². The van der Waals surface area contributed by atoms with E-state index < -0.39 is 0 Å². The number of rotatable bonds is 3. The summed E-state index contributed by atoms with van der Waals surface area (Å²) in [6.45, 7) is 0.680. The number of nitrogens with zero attached hydrogens (tertiary/aromatic N) is 3. The van der Waals surface area contributed by atoms with Crippen LogP contribution in [0.15, 0.2) is 64.7 Å². The van der Waals surface area contributed by atoms with Gasteiger partial charge in [-0.15, -0.1) is 0 Å². The van der Waals surface area contributed by atoms with E-state index in [1.807, 2.05) is 54.5 Å². The minimum absolute atomic E-state index is 0.680. The molecule has 0 N–H and O–H groups in total. The third kappa shape index (κ3) is 3.70. The number of aliphatic imine (C=N–C) groups is 1. The van der Waals surface area contributed by atoms with Crippen LogP contribution in [0.5, 0.6) is 0 Å². The Hall–Kier alpha value is -1.78. The van der Waals surface area contributed by atoms with E-state index >= 15 is 0 Å². The zero-order valence-corrected chi connectivity index (χ0v) is 13.8. The molecule has 0 fully saturated rings. The van der Waals surface area contributed by atoms with Gasteiger partial charge in [0.05, 0.1) is 12.3 Å². The summed E-state index contributed by atoms with van der Waals surface area (Å²) in [5.74, 6) is 0.819. The molecule has 0 unspecified atom stereocenters. The van der Waals surface area contributed by atoms with Crippen LogP contribution in [0.25, 0.3) is 0 Å². The second-order valence-corrected chi connectivity index (χ2v) is 6.33. The normalized spacial score (nSPS) is 16.7. The van der Waals surface area contributed by atoms with Crippen LogP contribution in [0.3, 0.4) is 0 Å². The number of hydrogen-bond donors (Lipinski definition) is 0. The number of thioether (sulfide) groups is 1. The third-order valence-electron chi connectivity index (χ3n) is 3.30. The minimum Gasteiger partial charge on any atom is -0.256 e. The van der Waals surface area contributed by atoms with Gasteiger partial charge in [-0.3, -0.25) is 4.99 Å². The SMILES string of the molecule is CN1N=C(c2ccc(Cl)cc2)CSC1=NCc1ccccc1. The molecule has 1 aliphatic heterocycles. The van der Waals surface area contributed by atoms with Crippen LogP contribution < -0.4 is 0 Å². The van der Waals surface area contributed by atoms with E-state index in [4.69, 9.17) is 11.6 Å². The molecule has 1 heterocycles. The van der Waals surface area contributed by atoms with E-state index in [2.05, 4.69) is 22.2 Å². The summed E-state index contributed by atoms with van der Waals surface area (Å²) in [6, 6.07) is 18.0. The number of amidine groups is 1. The van der Waals surface area contributed by atoms with Crippen LogP contribution in [0.4, 0.5) is 0 Å². The van der Waals surface area contributed by atoms with Gasteiger partial charge in [0.2, 0.25) is 0 Å². The van der Waals surface area contributed by atoms with Crippen molar-refractivity contribution < 1.29 is 0 Å². The average Bonchev–Trinajstić information content (AvgIpc) is 2.55. The fourth-order valence-corrected chi connectivity index (χ4v) is 3.15. The van der Waals surface area contributed by atoms with Gasteiger partial charge in [0, 0.05) is 17.8 Å². The zero-order valence-electron chi connectivity index (χ0n) is 12.2. The van der Waals surface area contributed by atoms with Crippen LogP contribution in [0.1, 0.15) is 11.1 Å². The Labute approximate surface area is 139 Å². The van der Waals surface area contributed by atoms with E-state index in [0.29, 0.717) is 6.54 Å². The second kappa shape index (κ2) is 6.99. The van der Waals surface area contributed by atoms with Gasteiger partial charge in [-0.1, -0.05) is 65.8 Å². The van der Waals surface area contributed by atoms with Crippen molar-refractivity contribution in [1.29, 1.82) is 0 Å². The standard InChI is InChI=1S/C17H16ClN3S/c1-21-17(19-11-13-5-3-2-4-6-13)22-12-16(20-21)14-7-9-15(18)10-8-14/h2-10H,11-12H2,1H3. The first kappa shape index (κ1) is 15.1. The molecule has 0 amide bonds. The molecule has 112 valence electrons. The largest absolute Gasteiger partial charge is 0.256 e. The van der Waals surface area contributed by atoms with Crippen molar-refractivity contribution in [2.75, 3.05) is 12.8 Å². The monoisotopic (exact) mass is 329 g/mol. The molecule has 0 saturated heterocycles. The van der Waals surface area contributed by atoms with Crippen molar-refractivity contribution in [2.45, 2.75) is 6.54 Å². The molecular formula is C17H16ClN3S. The number of hydrazone groups is 1. The lowest BCUT2D eigenvalue weighted by Crippen LogP contribution is -2.27. The highest BCUT2D eigenvalue weighted by Gasteiger charge is 2.17. The smallest absolute Gasteiger partial charge is 0.180 e. The van der Waals surface area contributed by atoms with Gasteiger partial charge in [0.25, 0.3) is 0 Å². The third-order valence-corrected chi connectivity index (χ3v) is 4.62. The Bertz CT molecular complexity index is 696. The average molecular weight is 330 g/mol. The lowest BCUT2D eigenvalue weighted by Gasteiger charge is -2.22. The number of benzene rings is 2. The van der Waals surface area contributed by atoms with Crippen LogP contribution in [-0.2, 0) is 6.54 Å². The summed E-state index contributed by atoms with van der Waals surface area (Å²) < 4.78 is 0. The van der Waals surface area contributed by atoms with Gasteiger partial charge in [0.1, 0.15) is 0 Å². The second-order valence-electron chi connectivity index (χ2n) is 4.95. The van der Waals surface area contributed by atoms with Gasteiger partial charge < -0.3 is 0 Å². The molecule has 22 heavy (non-hydrogen) atoms. The molecule has 0 aliphatic carbocycles. The van der Waals surface area contributed by atoms with Crippen molar-refractivity contribution >= 4 is 34.2 Å². The Morgan fingerprint density at radius 2 is 1.86 bits per heavy atom. The van der Waals surface area contributed by atoms with E-state index in [1.165, 1.54) is 5.56 Å². The predicted octanol–water partition coefficient (Wildman–Crippen LogP) is 4.28. The molecule has 1 aliphatic rings. The molecule has 3 rings (SSSR count). The summed E-state index contributed by atoms with van der Waals surface area (Å²) in [6.07, 6.45) is 0. The maximum atomic E-state index is 5.93. The highest BCUT2D eigenvalue weighted by atomic mass is 35.5. The molecule has 0 atom stereocenters. The number of halogens is 1. The summed E-state index contributed by atoms with van der Waals surface area (Å²) in [5.41, 5.74) is 3.35. The highest BCUT2D eigenvalue weighted by molar-refractivity contribution is 8.14. The van der Waals surface area contributed by atoms with E-state index in [0.717, 1.165) is 27.2 Å². The predicted molar refractivity (Wildman–Crippen MR) is 95.8 cm³/mol. The van der Waals surface area contributed by atoms with Gasteiger partial charge in [-0.2, -0.15) is 5.10 Å². The minimum atomic E-state index is 0.680. The fraction of sp³-hybridized carbons (Fsp3) is 0.176. The molecule has 0 saturated carbocycles. The van der Waals surface area contributed by atoms with Gasteiger partial charge >= 0.3 is 0 Å². The Kier molecular flexibility index (Phi) is 4.80. The quantitative estimate of drug-likeness (QED) is 0.840. The van der Waals surface area contributed by atoms with Crippen molar-refractivity contribution in [3.63, 3.8) is 0 Å². The first-order valence-corrected chi connectivity index (χ1v) is 8.37. The Balaban J connectivity index is 1.72. The molecule has 0 spiro atoms. The first-order valence-electron chi connectivity index (χ1n) is 7.01. The molecular weight excluding hydrogens is 314 g/mol. The van der Waals surface area contributed by atoms with Crippen molar-refractivity contribution in [1.82, 2.24) is 5.01 Å². The van der Waals surface area contributed by atoms with E-state index in [-0.39, 0.29) is 0 Å².